The summed E-state index contributed by atoms with van der Waals surface area (Å²) in [4.78, 5) is 0. The summed E-state index contributed by atoms with van der Waals surface area (Å²) in [5.74, 6) is 0.815. The van der Waals surface area contributed by atoms with Gasteiger partial charge in [-0.15, -0.1) is 0 Å². The zero-order valence-electron chi connectivity index (χ0n) is 13.2. The highest BCUT2D eigenvalue weighted by Crippen LogP contribution is 2.19. The van der Waals surface area contributed by atoms with Crippen LogP contribution in [0.5, 0.6) is 0 Å². The van der Waals surface area contributed by atoms with Gasteiger partial charge in [0.1, 0.15) is 0 Å². The number of nitrogens with two attached hydrogens (primary N) is 1. The van der Waals surface area contributed by atoms with Gasteiger partial charge in [0.2, 0.25) is 0 Å². The molecule has 0 aromatic carbocycles. The van der Waals surface area contributed by atoms with E-state index in [1.807, 2.05) is 0 Å². The summed E-state index contributed by atoms with van der Waals surface area (Å²) in [6.07, 6.45) is 23.2. The van der Waals surface area contributed by atoms with Crippen molar-refractivity contribution in [3.63, 3.8) is 0 Å². The Kier molecular flexibility index (Phi) is 11.6. The van der Waals surface area contributed by atoms with E-state index in [0.29, 0.717) is 0 Å². The highest BCUT2D eigenvalue weighted by molar-refractivity contribution is 4.61. The van der Waals surface area contributed by atoms with E-state index in [1.165, 1.54) is 103 Å². The summed E-state index contributed by atoms with van der Waals surface area (Å²) in [5.41, 5.74) is 5.91. The molecule has 0 heterocycles. The van der Waals surface area contributed by atoms with Crippen LogP contribution in [0, 0.1) is 5.92 Å². The van der Waals surface area contributed by atoms with E-state index in [9.17, 15) is 0 Å². The molecule has 0 unspecified atom stereocenters. The van der Waals surface area contributed by atoms with Crippen molar-refractivity contribution >= 4 is 0 Å². The standard InChI is InChI=1S/C18H37N/c19-17-18-15-13-11-9-7-5-3-1-2-4-6-8-10-12-14-16-18/h18H,1-17,19H2. The van der Waals surface area contributed by atoms with Crippen LogP contribution in [0.3, 0.4) is 0 Å². The Morgan fingerprint density at radius 3 is 1.00 bits per heavy atom. The number of hydrogen-bond donors (Lipinski definition) is 1. The summed E-state index contributed by atoms with van der Waals surface area (Å²) >= 11 is 0. The molecule has 19 heavy (non-hydrogen) atoms. The third-order valence-corrected chi connectivity index (χ3v) is 4.81. The smallest absolute Gasteiger partial charge is 0.00489 e. The first kappa shape index (κ1) is 17.0. The molecule has 0 spiro atoms. The fourth-order valence-electron chi connectivity index (χ4n) is 3.37. The lowest BCUT2D eigenvalue weighted by atomic mass is 9.94. The fourth-order valence-corrected chi connectivity index (χ4v) is 3.37. The molecule has 0 aromatic heterocycles. The van der Waals surface area contributed by atoms with Crippen LogP contribution in [0.15, 0.2) is 0 Å². The highest BCUT2D eigenvalue weighted by Gasteiger charge is 2.06. The second-order valence-corrected chi connectivity index (χ2v) is 6.63. The van der Waals surface area contributed by atoms with Gasteiger partial charge in [-0.25, -0.2) is 0 Å². The molecule has 0 atom stereocenters. The first-order chi connectivity index (χ1) is 9.43. The summed E-state index contributed by atoms with van der Waals surface area (Å²) in [6.45, 7) is 0.917. The van der Waals surface area contributed by atoms with Crippen molar-refractivity contribution in [2.75, 3.05) is 6.54 Å². The van der Waals surface area contributed by atoms with Crippen molar-refractivity contribution in [2.45, 2.75) is 103 Å². The molecule has 1 rings (SSSR count). The van der Waals surface area contributed by atoms with Crippen molar-refractivity contribution < 1.29 is 0 Å². The van der Waals surface area contributed by atoms with Crippen LogP contribution in [0.4, 0.5) is 0 Å². The molecular weight excluding hydrogens is 230 g/mol. The second kappa shape index (κ2) is 13.0. The minimum atomic E-state index is 0.815. The topological polar surface area (TPSA) is 26.0 Å². The van der Waals surface area contributed by atoms with Gasteiger partial charge in [0.25, 0.3) is 0 Å². The summed E-state index contributed by atoms with van der Waals surface area (Å²) in [6, 6.07) is 0. The predicted octanol–water partition coefficient (Wildman–Crippen LogP) is 5.82. The third-order valence-electron chi connectivity index (χ3n) is 4.81. The van der Waals surface area contributed by atoms with Crippen molar-refractivity contribution in [3.05, 3.63) is 0 Å². The van der Waals surface area contributed by atoms with Gasteiger partial charge in [-0.1, -0.05) is 89.9 Å². The van der Waals surface area contributed by atoms with Gasteiger partial charge in [0.15, 0.2) is 0 Å². The molecule has 0 radical (unpaired) electrons. The Morgan fingerprint density at radius 2 is 0.737 bits per heavy atom. The molecule has 0 bridgehead atoms. The fraction of sp³-hybridized carbons (Fsp3) is 1.00. The SMILES string of the molecule is NCC1CCCCCCCCCCCCCCCC1. The van der Waals surface area contributed by atoms with Gasteiger partial charge in [-0.3, -0.25) is 0 Å². The van der Waals surface area contributed by atoms with Crippen LogP contribution >= 0.6 is 0 Å². The maximum atomic E-state index is 5.91. The molecule has 1 aliphatic rings. The van der Waals surface area contributed by atoms with Crippen molar-refractivity contribution in [2.24, 2.45) is 11.7 Å². The summed E-state index contributed by atoms with van der Waals surface area (Å²) in [5, 5.41) is 0. The van der Waals surface area contributed by atoms with E-state index in [4.69, 9.17) is 5.73 Å². The van der Waals surface area contributed by atoms with Crippen molar-refractivity contribution in [1.29, 1.82) is 0 Å². The Bertz CT molecular complexity index is 161. The molecule has 0 amide bonds. The molecule has 114 valence electrons. The first-order valence-corrected chi connectivity index (χ1v) is 9.13. The molecule has 1 fully saturated rings. The Balaban J connectivity index is 2.15. The third kappa shape index (κ3) is 10.4. The molecule has 0 saturated heterocycles. The van der Waals surface area contributed by atoms with Crippen molar-refractivity contribution in [3.8, 4) is 0 Å². The second-order valence-electron chi connectivity index (χ2n) is 6.63. The van der Waals surface area contributed by atoms with E-state index >= 15 is 0 Å². The summed E-state index contributed by atoms with van der Waals surface area (Å²) < 4.78 is 0. The van der Waals surface area contributed by atoms with Crippen molar-refractivity contribution in [1.82, 2.24) is 0 Å². The van der Waals surface area contributed by atoms with E-state index in [2.05, 4.69) is 0 Å². The molecule has 1 aliphatic carbocycles. The van der Waals surface area contributed by atoms with E-state index < -0.39 is 0 Å². The quantitative estimate of drug-likeness (QED) is 0.637. The lowest BCUT2D eigenvalue weighted by molar-refractivity contribution is 0.411. The average molecular weight is 268 g/mol. The zero-order valence-corrected chi connectivity index (χ0v) is 13.2. The first-order valence-electron chi connectivity index (χ1n) is 9.13. The van der Waals surface area contributed by atoms with Crippen LogP contribution in [0.25, 0.3) is 0 Å². The minimum absolute atomic E-state index is 0.815. The van der Waals surface area contributed by atoms with Crippen LogP contribution in [-0.2, 0) is 0 Å². The van der Waals surface area contributed by atoms with E-state index in [-0.39, 0.29) is 0 Å². The van der Waals surface area contributed by atoms with Gasteiger partial charge < -0.3 is 5.73 Å². The molecular formula is C18H37N. The average Bonchev–Trinajstić information content (AvgIpc) is 2.44. The van der Waals surface area contributed by atoms with Crippen LogP contribution in [0.2, 0.25) is 0 Å². The Hall–Kier alpha value is -0.0400. The predicted molar refractivity (Wildman–Crippen MR) is 86.4 cm³/mol. The lowest BCUT2D eigenvalue weighted by Crippen LogP contribution is -2.14. The van der Waals surface area contributed by atoms with Gasteiger partial charge in [0.05, 0.1) is 0 Å². The maximum Gasteiger partial charge on any atom is -0.00489 e. The van der Waals surface area contributed by atoms with Gasteiger partial charge in [0, 0.05) is 0 Å². The molecule has 0 aromatic rings. The monoisotopic (exact) mass is 267 g/mol. The Morgan fingerprint density at radius 1 is 0.474 bits per heavy atom. The van der Waals surface area contributed by atoms with Crippen LogP contribution in [0.1, 0.15) is 103 Å². The lowest BCUT2D eigenvalue weighted by Gasteiger charge is -2.14. The van der Waals surface area contributed by atoms with Gasteiger partial charge in [-0.2, -0.15) is 0 Å². The molecule has 1 saturated carbocycles. The van der Waals surface area contributed by atoms with Gasteiger partial charge >= 0.3 is 0 Å². The largest absolute Gasteiger partial charge is 0.330 e. The maximum absolute atomic E-state index is 5.91. The molecule has 0 aliphatic heterocycles. The summed E-state index contributed by atoms with van der Waals surface area (Å²) in [7, 11) is 0. The van der Waals surface area contributed by atoms with Crippen LogP contribution < -0.4 is 5.73 Å². The zero-order chi connectivity index (χ0) is 13.6. The molecule has 1 heteroatoms. The molecule has 2 N–H and O–H groups in total. The number of hydrogen-bond acceptors (Lipinski definition) is 1. The van der Waals surface area contributed by atoms with E-state index in [0.717, 1.165) is 12.5 Å². The van der Waals surface area contributed by atoms with Gasteiger partial charge in [-0.05, 0) is 25.3 Å². The molecule has 1 nitrogen and oxygen atoms in total. The van der Waals surface area contributed by atoms with E-state index in [1.54, 1.807) is 0 Å². The van der Waals surface area contributed by atoms with Crippen LogP contribution in [-0.4, -0.2) is 6.54 Å². The number of rotatable bonds is 1. The Labute approximate surface area is 121 Å². The highest BCUT2D eigenvalue weighted by atomic mass is 14.5. The minimum Gasteiger partial charge on any atom is -0.330 e. The normalized spacial score (nSPS) is 23.8.